The van der Waals surface area contributed by atoms with Gasteiger partial charge < -0.3 is 5.32 Å². The number of carbonyl (C=O) groups excluding carboxylic acids is 1. The van der Waals surface area contributed by atoms with Gasteiger partial charge in [-0.2, -0.15) is 5.26 Å². The lowest BCUT2D eigenvalue weighted by Crippen LogP contribution is -2.18. The number of rotatable bonds is 2. The molecule has 0 aliphatic carbocycles. The van der Waals surface area contributed by atoms with E-state index in [1.54, 1.807) is 19.1 Å². The topological polar surface area (TPSA) is 52.9 Å². The number of nitrogens with zero attached hydrogens (tertiary/aromatic N) is 1. The summed E-state index contributed by atoms with van der Waals surface area (Å²) < 4.78 is 0.889. The molecule has 3 nitrogen and oxygen atoms in total. The van der Waals surface area contributed by atoms with Crippen LogP contribution in [0.5, 0.6) is 0 Å². The Hall–Kier alpha value is -1.34. The molecule has 0 fully saturated rings. The van der Waals surface area contributed by atoms with E-state index >= 15 is 0 Å². The van der Waals surface area contributed by atoms with Crippen LogP contribution in [0, 0.1) is 17.2 Å². The average Bonchev–Trinajstić information content (AvgIpc) is 2.16. The van der Waals surface area contributed by atoms with Crippen molar-refractivity contribution in [3.05, 3.63) is 28.7 Å². The van der Waals surface area contributed by atoms with Crippen LogP contribution in [0.3, 0.4) is 0 Å². The molecule has 1 atom stereocenters. The van der Waals surface area contributed by atoms with Crippen molar-refractivity contribution in [3.8, 4) is 6.07 Å². The number of benzene rings is 1. The molecule has 0 spiro atoms. The van der Waals surface area contributed by atoms with Gasteiger partial charge in [0, 0.05) is 10.2 Å². The number of halogens is 1. The summed E-state index contributed by atoms with van der Waals surface area (Å²) >= 11 is 3.29. The van der Waals surface area contributed by atoms with E-state index in [9.17, 15) is 4.79 Å². The van der Waals surface area contributed by atoms with Crippen molar-refractivity contribution in [2.24, 2.45) is 5.92 Å². The molecule has 0 radical (unpaired) electrons. The van der Waals surface area contributed by atoms with Crippen molar-refractivity contribution in [2.45, 2.75) is 6.92 Å². The Morgan fingerprint density at radius 3 is 2.93 bits per heavy atom. The van der Waals surface area contributed by atoms with Crippen LogP contribution in [0.2, 0.25) is 0 Å². The molecule has 1 rings (SSSR count). The molecule has 1 unspecified atom stereocenters. The molecule has 0 aromatic heterocycles. The van der Waals surface area contributed by atoms with E-state index in [-0.39, 0.29) is 5.91 Å². The lowest BCUT2D eigenvalue weighted by molar-refractivity contribution is -0.117. The van der Waals surface area contributed by atoms with Gasteiger partial charge in [-0.05, 0) is 25.1 Å². The lowest BCUT2D eigenvalue weighted by Gasteiger charge is -2.05. The van der Waals surface area contributed by atoms with Crippen LogP contribution in [0.15, 0.2) is 28.7 Å². The Bertz CT molecular complexity index is 384. The molecule has 1 aromatic carbocycles. The maximum Gasteiger partial charge on any atom is 0.241 e. The smallest absolute Gasteiger partial charge is 0.241 e. The van der Waals surface area contributed by atoms with Crippen LogP contribution in [0.25, 0.3) is 0 Å². The highest BCUT2D eigenvalue weighted by atomic mass is 79.9. The third-order valence-corrected chi connectivity index (χ3v) is 2.17. The van der Waals surface area contributed by atoms with E-state index < -0.39 is 5.92 Å². The molecule has 1 amide bonds. The van der Waals surface area contributed by atoms with Gasteiger partial charge in [-0.25, -0.2) is 0 Å². The summed E-state index contributed by atoms with van der Waals surface area (Å²) in [6.07, 6.45) is 0. The Labute approximate surface area is 90.9 Å². The zero-order valence-electron chi connectivity index (χ0n) is 7.62. The second-order valence-corrected chi connectivity index (χ2v) is 3.77. The Balaban J connectivity index is 2.71. The highest BCUT2D eigenvalue weighted by Crippen LogP contribution is 2.16. The predicted molar refractivity (Wildman–Crippen MR) is 57.5 cm³/mol. The highest BCUT2D eigenvalue weighted by Gasteiger charge is 2.11. The summed E-state index contributed by atoms with van der Waals surface area (Å²) in [6.45, 7) is 1.56. The summed E-state index contributed by atoms with van der Waals surface area (Å²) in [4.78, 5) is 11.3. The molecule has 14 heavy (non-hydrogen) atoms. The number of hydrogen-bond donors (Lipinski definition) is 1. The quantitative estimate of drug-likeness (QED) is 0.880. The van der Waals surface area contributed by atoms with Gasteiger partial charge in [0.2, 0.25) is 5.91 Å². The zero-order valence-corrected chi connectivity index (χ0v) is 9.21. The fourth-order valence-corrected chi connectivity index (χ4v) is 1.27. The molecule has 1 aromatic rings. The molecule has 72 valence electrons. The molecule has 0 bridgehead atoms. The molecule has 4 heteroatoms. The first kappa shape index (κ1) is 10.7. The normalized spacial score (nSPS) is 11.5. The maximum absolute atomic E-state index is 11.3. The Morgan fingerprint density at radius 1 is 1.64 bits per heavy atom. The summed E-state index contributed by atoms with van der Waals surface area (Å²) in [5.41, 5.74) is 0.687. The van der Waals surface area contributed by atoms with Gasteiger partial charge in [0.05, 0.1) is 6.07 Å². The molecule has 0 aliphatic rings. The van der Waals surface area contributed by atoms with Crippen molar-refractivity contribution in [1.82, 2.24) is 0 Å². The van der Waals surface area contributed by atoms with Crippen LogP contribution < -0.4 is 5.32 Å². The first-order chi connectivity index (χ1) is 6.63. The van der Waals surface area contributed by atoms with Crippen molar-refractivity contribution in [1.29, 1.82) is 5.26 Å². The summed E-state index contributed by atoms with van der Waals surface area (Å²) in [7, 11) is 0. The van der Waals surface area contributed by atoms with Gasteiger partial charge in [-0.1, -0.05) is 22.0 Å². The van der Waals surface area contributed by atoms with Gasteiger partial charge in [-0.3, -0.25) is 4.79 Å². The Morgan fingerprint density at radius 2 is 2.36 bits per heavy atom. The fraction of sp³-hybridized carbons (Fsp3) is 0.200. The van der Waals surface area contributed by atoms with Crippen LogP contribution in [-0.4, -0.2) is 5.91 Å². The predicted octanol–water partition coefficient (Wildman–Crippen LogP) is 2.55. The van der Waals surface area contributed by atoms with Crippen molar-refractivity contribution in [3.63, 3.8) is 0 Å². The van der Waals surface area contributed by atoms with Gasteiger partial charge in [0.1, 0.15) is 5.92 Å². The average molecular weight is 253 g/mol. The minimum absolute atomic E-state index is 0.286. The van der Waals surface area contributed by atoms with E-state index in [1.165, 1.54) is 0 Å². The fourth-order valence-electron chi connectivity index (χ4n) is 0.875. The number of hydrogen-bond acceptors (Lipinski definition) is 2. The number of nitriles is 1. The van der Waals surface area contributed by atoms with Gasteiger partial charge in [-0.15, -0.1) is 0 Å². The van der Waals surface area contributed by atoms with Gasteiger partial charge in [0.25, 0.3) is 0 Å². The molecular formula is C10H9BrN2O. The van der Waals surface area contributed by atoms with Crippen molar-refractivity contribution < 1.29 is 4.79 Å². The first-order valence-electron chi connectivity index (χ1n) is 4.09. The summed E-state index contributed by atoms with van der Waals surface area (Å²) in [5, 5.41) is 11.2. The van der Waals surface area contributed by atoms with Gasteiger partial charge in [0.15, 0.2) is 0 Å². The van der Waals surface area contributed by atoms with Crippen LogP contribution in [0.1, 0.15) is 6.92 Å². The van der Waals surface area contributed by atoms with Crippen LogP contribution in [0.4, 0.5) is 5.69 Å². The lowest BCUT2D eigenvalue weighted by atomic mass is 10.2. The molecule has 0 heterocycles. The number of anilines is 1. The second-order valence-electron chi connectivity index (χ2n) is 2.85. The molecule has 1 N–H and O–H groups in total. The van der Waals surface area contributed by atoms with Crippen molar-refractivity contribution in [2.75, 3.05) is 5.32 Å². The molecule has 0 saturated carbocycles. The summed E-state index contributed by atoms with van der Waals surface area (Å²) in [5.74, 6) is -0.917. The van der Waals surface area contributed by atoms with Crippen molar-refractivity contribution >= 4 is 27.5 Å². The molecular weight excluding hydrogens is 244 g/mol. The minimum atomic E-state index is -0.631. The van der Waals surface area contributed by atoms with E-state index in [0.29, 0.717) is 5.69 Å². The molecule has 0 aliphatic heterocycles. The minimum Gasteiger partial charge on any atom is -0.325 e. The number of nitrogens with one attached hydrogen (secondary N) is 1. The van der Waals surface area contributed by atoms with Gasteiger partial charge >= 0.3 is 0 Å². The largest absolute Gasteiger partial charge is 0.325 e. The monoisotopic (exact) mass is 252 g/mol. The third-order valence-electron chi connectivity index (χ3n) is 1.68. The number of amides is 1. The number of carbonyl (C=O) groups is 1. The van der Waals surface area contributed by atoms with E-state index in [2.05, 4.69) is 21.2 Å². The second kappa shape index (κ2) is 4.77. The SMILES string of the molecule is CC(C#N)C(=O)Nc1cccc(Br)c1. The summed E-state index contributed by atoms with van der Waals surface area (Å²) in [6, 6.07) is 9.11. The van der Waals surface area contributed by atoms with Crippen LogP contribution >= 0.6 is 15.9 Å². The molecule has 0 saturated heterocycles. The van der Waals surface area contributed by atoms with E-state index in [1.807, 2.05) is 18.2 Å². The van der Waals surface area contributed by atoms with Crippen LogP contribution in [-0.2, 0) is 4.79 Å². The van der Waals surface area contributed by atoms with E-state index in [4.69, 9.17) is 5.26 Å². The standard InChI is InChI=1S/C10H9BrN2O/c1-7(6-12)10(14)13-9-4-2-3-8(11)5-9/h2-5,7H,1H3,(H,13,14). The highest BCUT2D eigenvalue weighted by molar-refractivity contribution is 9.10. The zero-order chi connectivity index (χ0) is 10.6. The first-order valence-corrected chi connectivity index (χ1v) is 4.89. The Kier molecular flexibility index (Phi) is 3.66. The third kappa shape index (κ3) is 2.86. The maximum atomic E-state index is 11.3. The van der Waals surface area contributed by atoms with E-state index in [0.717, 1.165) is 4.47 Å².